The number of fused-ring (bicyclic) bond motifs is 2. The summed E-state index contributed by atoms with van der Waals surface area (Å²) in [4.78, 5) is 41.6. The average Bonchev–Trinajstić information content (AvgIpc) is 2.89. The first kappa shape index (κ1) is 19.3. The Morgan fingerprint density at radius 2 is 1.83 bits per heavy atom. The summed E-state index contributed by atoms with van der Waals surface area (Å²) in [7, 11) is 1.58. The molecule has 0 saturated heterocycles. The van der Waals surface area contributed by atoms with Gasteiger partial charge in [-0.05, 0) is 55.5 Å². The zero-order chi connectivity index (χ0) is 20.4. The second kappa shape index (κ2) is 8.17. The van der Waals surface area contributed by atoms with Gasteiger partial charge in [0.2, 0.25) is 0 Å². The highest BCUT2D eigenvalue weighted by atomic mass is 16.5. The van der Waals surface area contributed by atoms with E-state index in [0.29, 0.717) is 42.8 Å². The maximum Gasteiger partial charge on any atom is 0.261 e. The smallest absolute Gasteiger partial charge is 0.261 e. The van der Waals surface area contributed by atoms with Crippen LogP contribution < -0.4 is 4.90 Å². The van der Waals surface area contributed by atoms with E-state index in [-0.39, 0.29) is 17.7 Å². The molecule has 2 aromatic rings. The summed E-state index contributed by atoms with van der Waals surface area (Å²) in [5.41, 5.74) is 3.19. The van der Waals surface area contributed by atoms with Crippen LogP contribution in [0.4, 0.5) is 5.69 Å². The number of nitrogens with zero attached hydrogens (tertiary/aromatic N) is 2. The van der Waals surface area contributed by atoms with Crippen LogP contribution in [0, 0.1) is 0 Å². The van der Waals surface area contributed by atoms with Gasteiger partial charge in [-0.25, -0.2) is 0 Å². The van der Waals surface area contributed by atoms with Crippen molar-refractivity contribution in [2.45, 2.75) is 25.7 Å². The molecular formula is C23H24N2O4. The number of benzene rings is 2. The highest BCUT2D eigenvalue weighted by molar-refractivity contribution is 6.22. The monoisotopic (exact) mass is 392 g/mol. The molecule has 2 aliphatic rings. The maximum atomic E-state index is 13.3. The Balaban J connectivity index is 1.62. The lowest BCUT2D eigenvalue weighted by Crippen LogP contribution is -2.32. The van der Waals surface area contributed by atoms with Gasteiger partial charge in [0.1, 0.15) is 0 Å². The molecular weight excluding hydrogens is 368 g/mol. The van der Waals surface area contributed by atoms with Crippen LogP contribution in [0.2, 0.25) is 0 Å². The quantitative estimate of drug-likeness (QED) is 0.578. The summed E-state index contributed by atoms with van der Waals surface area (Å²) in [6.45, 7) is 1.43. The minimum atomic E-state index is -0.341. The molecule has 0 bridgehead atoms. The number of ether oxygens (including phenoxy) is 1. The number of methoxy groups -OCH3 is 1. The van der Waals surface area contributed by atoms with E-state index < -0.39 is 0 Å². The Morgan fingerprint density at radius 1 is 1.03 bits per heavy atom. The van der Waals surface area contributed by atoms with Crippen LogP contribution in [0.3, 0.4) is 0 Å². The van der Waals surface area contributed by atoms with E-state index in [1.54, 1.807) is 30.2 Å². The molecule has 0 aromatic heterocycles. The predicted molar refractivity (Wildman–Crippen MR) is 109 cm³/mol. The van der Waals surface area contributed by atoms with E-state index in [2.05, 4.69) is 6.07 Å². The van der Waals surface area contributed by atoms with E-state index in [1.165, 1.54) is 4.90 Å². The van der Waals surface area contributed by atoms with Crippen molar-refractivity contribution in [2.75, 3.05) is 31.7 Å². The third-order valence-corrected chi connectivity index (χ3v) is 5.55. The summed E-state index contributed by atoms with van der Waals surface area (Å²) in [6, 6.07) is 12.8. The molecule has 0 spiro atoms. The number of carbonyl (C=O) groups is 3. The normalized spacial score (nSPS) is 15.9. The van der Waals surface area contributed by atoms with Crippen LogP contribution in [0.25, 0.3) is 0 Å². The Kier molecular flexibility index (Phi) is 5.45. The predicted octanol–water partition coefficient (Wildman–Crippen LogP) is 3.30. The fourth-order valence-corrected chi connectivity index (χ4v) is 4.05. The van der Waals surface area contributed by atoms with E-state index in [0.717, 1.165) is 30.5 Å². The van der Waals surface area contributed by atoms with Crippen molar-refractivity contribution in [2.24, 2.45) is 0 Å². The lowest BCUT2D eigenvalue weighted by Gasteiger charge is -2.23. The zero-order valence-corrected chi connectivity index (χ0v) is 16.5. The third kappa shape index (κ3) is 3.56. The van der Waals surface area contributed by atoms with Crippen molar-refractivity contribution in [3.8, 4) is 0 Å². The van der Waals surface area contributed by atoms with Gasteiger partial charge in [-0.1, -0.05) is 18.2 Å². The average molecular weight is 392 g/mol. The molecule has 150 valence electrons. The van der Waals surface area contributed by atoms with Crippen molar-refractivity contribution in [3.63, 3.8) is 0 Å². The van der Waals surface area contributed by atoms with Crippen LogP contribution in [0.1, 0.15) is 55.9 Å². The van der Waals surface area contributed by atoms with Crippen LogP contribution in [-0.4, -0.2) is 49.4 Å². The Morgan fingerprint density at radius 3 is 2.66 bits per heavy atom. The molecule has 29 heavy (non-hydrogen) atoms. The molecule has 0 unspecified atom stereocenters. The lowest BCUT2D eigenvalue weighted by molar-refractivity contribution is 0.0638. The number of hydrogen-bond acceptors (Lipinski definition) is 4. The van der Waals surface area contributed by atoms with Crippen molar-refractivity contribution in [1.82, 2.24) is 4.90 Å². The molecule has 3 amide bonds. The first-order valence-electron chi connectivity index (χ1n) is 10.0. The number of imide groups is 1. The van der Waals surface area contributed by atoms with Crippen LogP contribution in [0.15, 0.2) is 42.5 Å². The number of para-hydroxylation sites is 1. The summed E-state index contributed by atoms with van der Waals surface area (Å²) >= 11 is 0. The summed E-state index contributed by atoms with van der Waals surface area (Å²) < 4.78 is 5.01. The topological polar surface area (TPSA) is 66.9 Å². The number of rotatable bonds is 5. The highest BCUT2D eigenvalue weighted by Gasteiger charge is 2.36. The number of hydrogen-bond donors (Lipinski definition) is 0. The molecule has 0 saturated carbocycles. The van der Waals surface area contributed by atoms with E-state index in [4.69, 9.17) is 4.74 Å². The molecule has 0 radical (unpaired) electrons. The SMILES string of the molecule is COCCCN1C(=O)c2ccc(C(=O)N3CCCCc4ccccc43)cc2C1=O. The van der Waals surface area contributed by atoms with Gasteiger partial charge in [0.25, 0.3) is 17.7 Å². The molecule has 0 fully saturated rings. The summed E-state index contributed by atoms with van der Waals surface area (Å²) in [5, 5.41) is 0. The van der Waals surface area contributed by atoms with Gasteiger partial charge in [0.15, 0.2) is 0 Å². The molecule has 2 heterocycles. The highest BCUT2D eigenvalue weighted by Crippen LogP contribution is 2.29. The Labute approximate surface area is 170 Å². The summed E-state index contributed by atoms with van der Waals surface area (Å²) in [5.74, 6) is -0.785. The second-order valence-corrected chi connectivity index (χ2v) is 7.41. The van der Waals surface area contributed by atoms with Crippen LogP contribution in [-0.2, 0) is 11.2 Å². The molecule has 2 aromatic carbocycles. The van der Waals surface area contributed by atoms with Gasteiger partial charge in [0, 0.05) is 38.1 Å². The number of aryl methyl sites for hydroxylation is 1. The molecule has 0 atom stereocenters. The minimum absolute atomic E-state index is 0.139. The van der Waals surface area contributed by atoms with Gasteiger partial charge >= 0.3 is 0 Å². The van der Waals surface area contributed by atoms with E-state index >= 15 is 0 Å². The molecule has 6 nitrogen and oxygen atoms in total. The Bertz CT molecular complexity index is 969. The number of amides is 3. The van der Waals surface area contributed by atoms with Gasteiger partial charge in [0.05, 0.1) is 11.1 Å². The van der Waals surface area contributed by atoms with Gasteiger partial charge in [-0.15, -0.1) is 0 Å². The largest absolute Gasteiger partial charge is 0.385 e. The molecule has 0 aliphatic carbocycles. The zero-order valence-electron chi connectivity index (χ0n) is 16.5. The van der Waals surface area contributed by atoms with Crippen LogP contribution in [0.5, 0.6) is 0 Å². The maximum absolute atomic E-state index is 13.3. The standard InChI is InChI=1S/C23H24N2O4/c1-29-14-6-13-25-22(27)18-11-10-17(15-19(18)23(25)28)21(26)24-12-5-4-8-16-7-2-3-9-20(16)24/h2-3,7,9-11,15H,4-6,8,12-14H2,1H3. The molecule has 4 rings (SSSR count). The first-order valence-corrected chi connectivity index (χ1v) is 10.0. The van der Waals surface area contributed by atoms with Crippen LogP contribution >= 0.6 is 0 Å². The van der Waals surface area contributed by atoms with Crippen molar-refractivity contribution >= 4 is 23.4 Å². The second-order valence-electron chi connectivity index (χ2n) is 7.41. The van der Waals surface area contributed by atoms with E-state index in [1.807, 2.05) is 18.2 Å². The molecule has 6 heteroatoms. The van der Waals surface area contributed by atoms with Gasteiger partial charge in [-0.2, -0.15) is 0 Å². The fraction of sp³-hybridized carbons (Fsp3) is 0.348. The third-order valence-electron chi connectivity index (χ3n) is 5.55. The number of carbonyl (C=O) groups excluding carboxylic acids is 3. The van der Waals surface area contributed by atoms with Crippen molar-refractivity contribution < 1.29 is 19.1 Å². The molecule has 2 aliphatic heterocycles. The Hall–Kier alpha value is -2.99. The van der Waals surface area contributed by atoms with Gasteiger partial charge < -0.3 is 9.64 Å². The van der Waals surface area contributed by atoms with E-state index in [9.17, 15) is 14.4 Å². The minimum Gasteiger partial charge on any atom is -0.385 e. The fourth-order valence-electron chi connectivity index (χ4n) is 4.05. The first-order chi connectivity index (χ1) is 14.1. The summed E-state index contributed by atoms with van der Waals surface area (Å²) in [6.07, 6.45) is 3.50. The van der Waals surface area contributed by atoms with Crippen molar-refractivity contribution in [3.05, 3.63) is 64.7 Å². The van der Waals surface area contributed by atoms with Crippen molar-refractivity contribution in [1.29, 1.82) is 0 Å². The lowest BCUT2D eigenvalue weighted by atomic mass is 10.0. The van der Waals surface area contributed by atoms with Gasteiger partial charge in [-0.3, -0.25) is 19.3 Å². The number of anilines is 1. The molecule has 0 N–H and O–H groups in total.